The Morgan fingerprint density at radius 1 is 1.52 bits per heavy atom. The van der Waals surface area contributed by atoms with E-state index in [9.17, 15) is 14.9 Å². The van der Waals surface area contributed by atoms with Gasteiger partial charge in [0.15, 0.2) is 0 Å². The highest BCUT2D eigenvalue weighted by Gasteiger charge is 2.14. The van der Waals surface area contributed by atoms with Crippen LogP contribution in [0.5, 0.6) is 5.75 Å². The Hall–Kier alpha value is -2.83. The van der Waals surface area contributed by atoms with E-state index in [1.165, 1.54) is 11.0 Å². The van der Waals surface area contributed by atoms with Crippen LogP contribution in [0, 0.1) is 10.1 Å². The average molecular weight is 289 g/mol. The zero-order valence-corrected chi connectivity index (χ0v) is 11.7. The first-order valence-corrected chi connectivity index (χ1v) is 6.37. The summed E-state index contributed by atoms with van der Waals surface area (Å²) in [6, 6.07) is 5.20. The number of aromatic amines is 1. The summed E-state index contributed by atoms with van der Waals surface area (Å²) in [4.78, 5) is 26.2. The highest BCUT2D eigenvalue weighted by atomic mass is 16.6. The monoisotopic (exact) mass is 289 g/mol. The van der Waals surface area contributed by atoms with Crippen molar-refractivity contribution in [1.82, 2.24) is 9.88 Å². The molecule has 7 heteroatoms. The van der Waals surface area contributed by atoms with E-state index in [4.69, 9.17) is 4.74 Å². The number of hydrogen-bond donors (Lipinski definition) is 1. The molecule has 2 aromatic rings. The van der Waals surface area contributed by atoms with Gasteiger partial charge in [0.05, 0.1) is 4.92 Å². The second kappa shape index (κ2) is 6.08. The van der Waals surface area contributed by atoms with E-state index in [0.29, 0.717) is 23.2 Å². The first-order valence-electron chi connectivity index (χ1n) is 6.37. The minimum Gasteiger partial charge on any atom is -0.409 e. The van der Waals surface area contributed by atoms with Gasteiger partial charge < -0.3 is 14.6 Å². The molecule has 0 unspecified atom stereocenters. The van der Waals surface area contributed by atoms with Gasteiger partial charge in [-0.05, 0) is 19.1 Å². The third kappa shape index (κ3) is 3.19. The van der Waals surface area contributed by atoms with Gasteiger partial charge in [0, 0.05) is 42.3 Å². The SMILES string of the molecule is CCN(C)C(=O)Oc1cccc2[nH]cc(C=C[N+](=O)[O-])c12. The van der Waals surface area contributed by atoms with Gasteiger partial charge >= 0.3 is 6.09 Å². The molecule has 21 heavy (non-hydrogen) atoms. The Bertz CT molecular complexity index is 705. The van der Waals surface area contributed by atoms with Crippen molar-refractivity contribution in [3.8, 4) is 5.75 Å². The van der Waals surface area contributed by atoms with E-state index in [1.54, 1.807) is 31.4 Å². The fourth-order valence-electron chi connectivity index (χ4n) is 1.84. The molecule has 0 fully saturated rings. The number of carbonyl (C=O) groups excluding carboxylic acids is 1. The van der Waals surface area contributed by atoms with Crippen molar-refractivity contribution in [2.45, 2.75) is 6.92 Å². The number of nitro groups is 1. The summed E-state index contributed by atoms with van der Waals surface area (Å²) in [5.41, 5.74) is 1.33. The van der Waals surface area contributed by atoms with Gasteiger partial charge in [-0.3, -0.25) is 10.1 Å². The largest absolute Gasteiger partial charge is 0.414 e. The fraction of sp³-hybridized carbons (Fsp3) is 0.214. The fourth-order valence-corrected chi connectivity index (χ4v) is 1.84. The van der Waals surface area contributed by atoms with Gasteiger partial charge in [0.1, 0.15) is 5.75 Å². The van der Waals surface area contributed by atoms with Crippen LogP contribution in [0.15, 0.2) is 30.6 Å². The third-order valence-corrected chi connectivity index (χ3v) is 3.06. The smallest absolute Gasteiger partial charge is 0.409 e. The summed E-state index contributed by atoms with van der Waals surface area (Å²) in [5, 5.41) is 11.1. The van der Waals surface area contributed by atoms with Crippen molar-refractivity contribution < 1.29 is 14.5 Å². The molecule has 0 aliphatic heterocycles. The van der Waals surface area contributed by atoms with Gasteiger partial charge in [-0.2, -0.15) is 0 Å². The molecular weight excluding hydrogens is 274 g/mol. The van der Waals surface area contributed by atoms with Crippen LogP contribution in [0.25, 0.3) is 17.0 Å². The van der Waals surface area contributed by atoms with Gasteiger partial charge in [0.25, 0.3) is 0 Å². The lowest BCUT2D eigenvalue weighted by Crippen LogP contribution is -2.29. The van der Waals surface area contributed by atoms with Gasteiger partial charge in [-0.25, -0.2) is 4.79 Å². The molecule has 0 saturated heterocycles. The molecule has 0 aliphatic rings. The minimum absolute atomic E-state index is 0.363. The topological polar surface area (TPSA) is 88.5 Å². The first-order chi connectivity index (χ1) is 10.0. The molecular formula is C14H15N3O4. The number of nitrogens with one attached hydrogen (secondary N) is 1. The number of carbonyl (C=O) groups is 1. The number of amides is 1. The number of benzene rings is 1. The second-order valence-electron chi connectivity index (χ2n) is 4.41. The molecule has 0 radical (unpaired) electrons. The van der Waals surface area contributed by atoms with Crippen LogP contribution >= 0.6 is 0 Å². The number of fused-ring (bicyclic) bond motifs is 1. The standard InChI is InChI=1S/C14H15N3O4/c1-3-16(2)14(18)21-12-6-4-5-11-13(12)10(9-15-11)7-8-17(19)20/h4-9,15H,3H2,1-2H3. The quantitative estimate of drug-likeness (QED) is 0.692. The number of hydrogen-bond acceptors (Lipinski definition) is 4. The summed E-state index contributed by atoms with van der Waals surface area (Å²) in [6.07, 6.45) is 3.36. The van der Waals surface area contributed by atoms with Gasteiger partial charge in [-0.1, -0.05) is 6.07 Å². The van der Waals surface area contributed by atoms with Crippen LogP contribution < -0.4 is 4.74 Å². The van der Waals surface area contributed by atoms with E-state index >= 15 is 0 Å². The summed E-state index contributed by atoms with van der Waals surface area (Å²) in [6.45, 7) is 2.36. The number of H-pyrrole nitrogens is 1. The van der Waals surface area contributed by atoms with Crippen molar-refractivity contribution >= 4 is 23.1 Å². The van der Waals surface area contributed by atoms with Crippen molar-refractivity contribution in [1.29, 1.82) is 0 Å². The molecule has 1 amide bonds. The Kier molecular flexibility index (Phi) is 4.22. The lowest BCUT2D eigenvalue weighted by atomic mass is 10.1. The molecule has 7 nitrogen and oxygen atoms in total. The minimum atomic E-state index is -0.543. The van der Waals surface area contributed by atoms with Crippen molar-refractivity contribution in [2.24, 2.45) is 0 Å². The van der Waals surface area contributed by atoms with Crippen LogP contribution in [0.1, 0.15) is 12.5 Å². The van der Waals surface area contributed by atoms with Gasteiger partial charge in [-0.15, -0.1) is 0 Å². The normalized spacial score (nSPS) is 11.0. The van der Waals surface area contributed by atoms with E-state index in [0.717, 1.165) is 11.7 Å². The molecule has 0 spiro atoms. The predicted octanol–water partition coefficient (Wildman–Crippen LogP) is 2.87. The van der Waals surface area contributed by atoms with Crippen LogP contribution in [0.4, 0.5) is 4.79 Å². The second-order valence-corrected chi connectivity index (χ2v) is 4.41. The number of aromatic nitrogens is 1. The molecule has 0 aliphatic carbocycles. The Labute approximate surface area is 121 Å². The van der Waals surface area contributed by atoms with Crippen LogP contribution in [0.3, 0.4) is 0 Å². The van der Waals surface area contributed by atoms with Crippen molar-refractivity contribution in [3.05, 3.63) is 46.3 Å². The van der Waals surface area contributed by atoms with E-state index < -0.39 is 11.0 Å². The Balaban J connectivity index is 2.41. The molecule has 0 saturated carbocycles. The van der Waals surface area contributed by atoms with Crippen LogP contribution in [0.2, 0.25) is 0 Å². The zero-order valence-electron chi connectivity index (χ0n) is 11.7. The number of ether oxygens (including phenoxy) is 1. The Morgan fingerprint density at radius 2 is 2.29 bits per heavy atom. The third-order valence-electron chi connectivity index (χ3n) is 3.06. The molecule has 0 atom stereocenters. The van der Waals surface area contributed by atoms with Crippen LogP contribution in [-0.2, 0) is 0 Å². The highest BCUT2D eigenvalue weighted by Crippen LogP contribution is 2.30. The number of rotatable bonds is 4. The molecule has 2 rings (SSSR count). The zero-order chi connectivity index (χ0) is 15.4. The van der Waals surface area contributed by atoms with E-state index in [-0.39, 0.29) is 0 Å². The molecule has 1 aromatic carbocycles. The molecule has 1 N–H and O–H groups in total. The first kappa shape index (κ1) is 14.6. The predicted molar refractivity (Wildman–Crippen MR) is 78.7 cm³/mol. The summed E-state index contributed by atoms with van der Waals surface area (Å²) in [7, 11) is 1.63. The van der Waals surface area contributed by atoms with Crippen molar-refractivity contribution in [2.75, 3.05) is 13.6 Å². The highest BCUT2D eigenvalue weighted by molar-refractivity contribution is 5.95. The molecule has 1 heterocycles. The van der Waals surface area contributed by atoms with Crippen molar-refractivity contribution in [3.63, 3.8) is 0 Å². The molecule has 110 valence electrons. The maximum absolute atomic E-state index is 11.9. The lowest BCUT2D eigenvalue weighted by molar-refractivity contribution is -0.400. The molecule has 0 bridgehead atoms. The van der Waals surface area contributed by atoms with Crippen LogP contribution in [-0.4, -0.2) is 34.5 Å². The summed E-state index contributed by atoms with van der Waals surface area (Å²) in [5.74, 6) is 0.363. The van der Waals surface area contributed by atoms with E-state index in [1.807, 2.05) is 6.92 Å². The van der Waals surface area contributed by atoms with Gasteiger partial charge in [0.2, 0.25) is 6.20 Å². The van der Waals surface area contributed by atoms with E-state index in [2.05, 4.69) is 4.98 Å². The molecule has 1 aromatic heterocycles. The maximum Gasteiger partial charge on any atom is 0.414 e. The summed E-state index contributed by atoms with van der Waals surface area (Å²) >= 11 is 0. The summed E-state index contributed by atoms with van der Waals surface area (Å²) < 4.78 is 5.35. The number of nitrogens with zero attached hydrogens (tertiary/aromatic N) is 2. The maximum atomic E-state index is 11.9. The average Bonchev–Trinajstić information content (AvgIpc) is 2.88. The lowest BCUT2D eigenvalue weighted by Gasteiger charge is -2.14. The Morgan fingerprint density at radius 3 is 2.95 bits per heavy atom.